The molecule has 3 heteroatoms. The summed E-state index contributed by atoms with van der Waals surface area (Å²) < 4.78 is 0. The molecule has 1 aromatic rings. The number of hydrogen-bond donors (Lipinski definition) is 1. The van der Waals surface area contributed by atoms with Crippen molar-refractivity contribution in [1.82, 2.24) is 0 Å². The summed E-state index contributed by atoms with van der Waals surface area (Å²) >= 11 is 1.56. The minimum absolute atomic E-state index is 0.0701. The zero-order chi connectivity index (χ0) is 11.5. The third-order valence-electron chi connectivity index (χ3n) is 1.83. The number of aliphatic hydroxyl groups is 1. The molecule has 0 aliphatic heterocycles. The van der Waals surface area contributed by atoms with Gasteiger partial charge in [-0.15, -0.1) is 11.8 Å². The fourth-order valence-corrected chi connectivity index (χ4v) is 1.97. The van der Waals surface area contributed by atoms with Gasteiger partial charge in [-0.2, -0.15) is 0 Å². The number of ketones is 1. The zero-order valence-electron chi connectivity index (χ0n) is 9.28. The summed E-state index contributed by atoms with van der Waals surface area (Å²) in [5.41, 5.74) is 0.0346. The van der Waals surface area contributed by atoms with Gasteiger partial charge in [-0.1, -0.05) is 12.1 Å². The average Bonchev–Trinajstić information content (AvgIpc) is 2.14. The Morgan fingerprint density at radius 3 is 2.67 bits per heavy atom. The minimum Gasteiger partial charge on any atom is -0.390 e. The van der Waals surface area contributed by atoms with Crippen molar-refractivity contribution in [1.29, 1.82) is 0 Å². The van der Waals surface area contributed by atoms with E-state index < -0.39 is 5.60 Å². The molecular weight excluding hydrogens is 208 g/mol. The van der Waals surface area contributed by atoms with Crippen LogP contribution < -0.4 is 0 Å². The van der Waals surface area contributed by atoms with Gasteiger partial charge in [-0.25, -0.2) is 0 Å². The molecule has 0 atom stereocenters. The topological polar surface area (TPSA) is 37.3 Å². The van der Waals surface area contributed by atoms with Crippen LogP contribution in [0.5, 0.6) is 0 Å². The Morgan fingerprint density at radius 2 is 2.13 bits per heavy atom. The molecule has 2 nitrogen and oxygen atoms in total. The van der Waals surface area contributed by atoms with E-state index in [1.54, 1.807) is 38.6 Å². The Labute approximate surface area is 94.7 Å². The Bertz CT molecular complexity index is 353. The highest BCUT2D eigenvalue weighted by Gasteiger charge is 2.12. The lowest BCUT2D eigenvalue weighted by Crippen LogP contribution is -2.21. The number of carbonyl (C=O) groups is 1. The van der Waals surface area contributed by atoms with Gasteiger partial charge >= 0.3 is 0 Å². The molecule has 0 heterocycles. The van der Waals surface area contributed by atoms with Crippen molar-refractivity contribution >= 4 is 17.5 Å². The predicted molar refractivity (Wildman–Crippen MR) is 63.5 cm³/mol. The maximum absolute atomic E-state index is 11.1. The van der Waals surface area contributed by atoms with Crippen LogP contribution in [0, 0.1) is 0 Å². The molecular formula is C12H16O2S. The fraction of sp³-hybridized carbons (Fsp3) is 0.417. The quantitative estimate of drug-likeness (QED) is 0.631. The number of benzene rings is 1. The van der Waals surface area contributed by atoms with Gasteiger partial charge in [0, 0.05) is 16.2 Å². The molecule has 0 amide bonds. The summed E-state index contributed by atoms with van der Waals surface area (Å²) in [5, 5.41) is 9.57. The van der Waals surface area contributed by atoms with E-state index >= 15 is 0 Å². The molecule has 15 heavy (non-hydrogen) atoms. The lowest BCUT2D eigenvalue weighted by molar-refractivity contribution is 0.101. The largest absolute Gasteiger partial charge is 0.390 e. The SMILES string of the molecule is CC(=O)c1cccc(SCC(C)(C)O)c1. The van der Waals surface area contributed by atoms with Crippen molar-refractivity contribution in [3.8, 4) is 0 Å². The number of Topliss-reactive ketones (excluding diaryl/α,β-unsaturated/α-hetero) is 1. The Balaban J connectivity index is 2.70. The molecule has 0 unspecified atom stereocenters. The normalized spacial score (nSPS) is 11.5. The van der Waals surface area contributed by atoms with E-state index in [4.69, 9.17) is 0 Å². The lowest BCUT2D eigenvalue weighted by atomic mass is 10.2. The van der Waals surface area contributed by atoms with Gasteiger partial charge in [0.15, 0.2) is 5.78 Å². The van der Waals surface area contributed by atoms with E-state index in [1.165, 1.54) is 0 Å². The van der Waals surface area contributed by atoms with Gasteiger partial charge in [0.2, 0.25) is 0 Å². The smallest absolute Gasteiger partial charge is 0.159 e. The maximum atomic E-state index is 11.1. The lowest BCUT2D eigenvalue weighted by Gasteiger charge is -2.16. The summed E-state index contributed by atoms with van der Waals surface area (Å²) in [6.07, 6.45) is 0. The second kappa shape index (κ2) is 4.81. The first-order valence-electron chi connectivity index (χ1n) is 4.85. The Kier molecular flexibility index (Phi) is 3.94. The first kappa shape index (κ1) is 12.3. The number of rotatable bonds is 4. The van der Waals surface area contributed by atoms with Crippen LogP contribution in [0.15, 0.2) is 29.2 Å². The van der Waals surface area contributed by atoms with Crippen molar-refractivity contribution in [3.63, 3.8) is 0 Å². The van der Waals surface area contributed by atoms with Crippen molar-refractivity contribution in [3.05, 3.63) is 29.8 Å². The van der Waals surface area contributed by atoms with E-state index in [2.05, 4.69) is 0 Å². The molecule has 0 bridgehead atoms. The standard InChI is InChI=1S/C12H16O2S/c1-9(13)10-5-4-6-11(7-10)15-8-12(2,3)14/h4-7,14H,8H2,1-3H3. The molecule has 0 aliphatic rings. The number of thioether (sulfide) groups is 1. The van der Waals surface area contributed by atoms with E-state index in [1.807, 2.05) is 18.2 Å². The molecule has 1 rings (SSSR count). The van der Waals surface area contributed by atoms with Crippen molar-refractivity contribution < 1.29 is 9.90 Å². The van der Waals surface area contributed by atoms with Crippen molar-refractivity contribution in [2.45, 2.75) is 31.3 Å². The van der Waals surface area contributed by atoms with Crippen molar-refractivity contribution in [2.75, 3.05) is 5.75 Å². The van der Waals surface area contributed by atoms with Crippen LogP contribution in [0.1, 0.15) is 31.1 Å². The molecule has 0 aliphatic carbocycles. The highest BCUT2D eigenvalue weighted by molar-refractivity contribution is 7.99. The first-order chi connectivity index (χ1) is 6.88. The Morgan fingerprint density at radius 1 is 1.47 bits per heavy atom. The Hall–Kier alpha value is -0.800. The minimum atomic E-state index is -0.684. The molecule has 0 aromatic heterocycles. The first-order valence-corrected chi connectivity index (χ1v) is 5.83. The molecule has 0 spiro atoms. The van der Waals surface area contributed by atoms with Gasteiger partial charge in [-0.3, -0.25) is 4.79 Å². The van der Waals surface area contributed by atoms with Gasteiger partial charge < -0.3 is 5.11 Å². The van der Waals surface area contributed by atoms with Crippen LogP contribution >= 0.6 is 11.8 Å². The highest BCUT2D eigenvalue weighted by Crippen LogP contribution is 2.23. The molecule has 0 saturated heterocycles. The van der Waals surface area contributed by atoms with Gasteiger partial charge in [0.25, 0.3) is 0 Å². The van der Waals surface area contributed by atoms with Gasteiger partial charge in [0.05, 0.1) is 5.60 Å². The summed E-state index contributed by atoms with van der Waals surface area (Å²) in [7, 11) is 0. The van der Waals surface area contributed by atoms with Gasteiger partial charge in [-0.05, 0) is 32.9 Å². The second-order valence-corrected chi connectivity index (χ2v) is 5.23. The molecule has 1 N–H and O–H groups in total. The van der Waals surface area contributed by atoms with Crippen LogP contribution in [0.3, 0.4) is 0 Å². The van der Waals surface area contributed by atoms with Crippen LogP contribution in [-0.4, -0.2) is 22.2 Å². The molecule has 0 radical (unpaired) electrons. The van der Waals surface area contributed by atoms with Crippen LogP contribution in [0.4, 0.5) is 0 Å². The van der Waals surface area contributed by atoms with E-state index in [9.17, 15) is 9.90 Å². The third kappa shape index (κ3) is 4.49. The molecule has 0 fully saturated rings. The van der Waals surface area contributed by atoms with E-state index in [0.717, 1.165) is 10.5 Å². The third-order valence-corrected chi connectivity index (χ3v) is 3.27. The molecule has 1 aromatic carbocycles. The van der Waals surface area contributed by atoms with Crippen LogP contribution in [-0.2, 0) is 0 Å². The molecule has 82 valence electrons. The predicted octanol–water partition coefficient (Wildman–Crippen LogP) is 2.75. The van der Waals surface area contributed by atoms with E-state index in [0.29, 0.717) is 5.75 Å². The van der Waals surface area contributed by atoms with Crippen molar-refractivity contribution in [2.24, 2.45) is 0 Å². The summed E-state index contributed by atoms with van der Waals surface area (Å²) in [6, 6.07) is 7.47. The highest BCUT2D eigenvalue weighted by atomic mass is 32.2. The van der Waals surface area contributed by atoms with Crippen LogP contribution in [0.25, 0.3) is 0 Å². The molecule has 0 saturated carbocycles. The van der Waals surface area contributed by atoms with Gasteiger partial charge in [0.1, 0.15) is 0 Å². The maximum Gasteiger partial charge on any atom is 0.159 e. The monoisotopic (exact) mass is 224 g/mol. The van der Waals surface area contributed by atoms with Crippen LogP contribution in [0.2, 0.25) is 0 Å². The number of hydrogen-bond acceptors (Lipinski definition) is 3. The summed E-state index contributed by atoms with van der Waals surface area (Å²) in [4.78, 5) is 12.2. The summed E-state index contributed by atoms with van der Waals surface area (Å²) in [5.74, 6) is 0.690. The zero-order valence-corrected chi connectivity index (χ0v) is 10.1. The second-order valence-electron chi connectivity index (χ2n) is 4.19. The average molecular weight is 224 g/mol. The number of carbonyl (C=O) groups excluding carboxylic acids is 1. The summed E-state index contributed by atoms with van der Waals surface area (Å²) in [6.45, 7) is 5.10. The fourth-order valence-electron chi connectivity index (χ4n) is 1.06. The van der Waals surface area contributed by atoms with E-state index in [-0.39, 0.29) is 5.78 Å².